The summed E-state index contributed by atoms with van der Waals surface area (Å²) in [7, 11) is 0. The lowest BCUT2D eigenvalue weighted by atomic mass is 9.79. The highest BCUT2D eigenvalue weighted by atomic mass is 32.1. The number of hydrogen-bond acceptors (Lipinski definition) is 2. The van der Waals surface area contributed by atoms with Crippen LogP contribution in [-0.2, 0) is 4.79 Å². The Bertz CT molecular complexity index is 258. The van der Waals surface area contributed by atoms with Crippen LogP contribution in [0.3, 0.4) is 0 Å². The highest BCUT2D eigenvalue weighted by molar-refractivity contribution is 7.80. The summed E-state index contributed by atoms with van der Waals surface area (Å²) in [6.07, 6.45) is 3.95. The molecule has 4 nitrogen and oxygen atoms in total. The molecule has 5 heteroatoms. The van der Waals surface area contributed by atoms with Crippen molar-refractivity contribution >= 4 is 23.3 Å². The van der Waals surface area contributed by atoms with Crippen molar-refractivity contribution in [3.8, 4) is 0 Å². The zero-order valence-corrected chi connectivity index (χ0v) is 10.5. The van der Waals surface area contributed by atoms with Crippen LogP contribution in [0, 0.1) is 11.8 Å². The zero-order chi connectivity index (χ0) is 12.0. The molecule has 1 saturated carbocycles. The minimum absolute atomic E-state index is 0.203. The van der Waals surface area contributed by atoms with Gasteiger partial charge in [-0.3, -0.25) is 4.79 Å². The molecular formula is C11H20N2O2S. The Hall–Kier alpha value is -0.840. The van der Waals surface area contributed by atoms with Crippen molar-refractivity contribution in [3.05, 3.63) is 0 Å². The molecular weight excluding hydrogens is 224 g/mol. The van der Waals surface area contributed by atoms with Gasteiger partial charge in [-0.25, -0.2) is 0 Å². The molecule has 0 radical (unpaired) electrons. The van der Waals surface area contributed by atoms with Crippen LogP contribution in [-0.4, -0.2) is 29.3 Å². The Morgan fingerprint density at radius 1 is 1.38 bits per heavy atom. The van der Waals surface area contributed by atoms with E-state index in [0.717, 1.165) is 32.2 Å². The van der Waals surface area contributed by atoms with E-state index in [4.69, 9.17) is 17.3 Å². The van der Waals surface area contributed by atoms with Gasteiger partial charge in [0.05, 0.1) is 5.92 Å². The second-order valence-corrected chi connectivity index (χ2v) is 4.64. The summed E-state index contributed by atoms with van der Waals surface area (Å²) in [6.45, 7) is 3.44. The van der Waals surface area contributed by atoms with E-state index in [1.54, 1.807) is 0 Å². The summed E-state index contributed by atoms with van der Waals surface area (Å²) >= 11 is 5.06. The minimum Gasteiger partial charge on any atom is -0.481 e. The smallest absolute Gasteiger partial charge is 0.306 e. The van der Waals surface area contributed by atoms with Crippen molar-refractivity contribution in [2.24, 2.45) is 11.8 Å². The molecule has 0 amide bonds. The van der Waals surface area contributed by atoms with Gasteiger partial charge in [0, 0.05) is 13.1 Å². The standard InChI is InChI=1S/C11H20N2O2S/c1-2-12-11(16)13-7-8-5-3-4-6-9(8)10(14)15/h8-9H,2-7H2,1H3,(H,14,15)(H2,12,13,16)/t8-,9-/m0/s1. The number of rotatable bonds is 4. The van der Waals surface area contributed by atoms with E-state index in [1.807, 2.05) is 6.92 Å². The number of hydrogen-bond donors (Lipinski definition) is 3. The van der Waals surface area contributed by atoms with Crippen LogP contribution < -0.4 is 10.6 Å². The molecule has 92 valence electrons. The molecule has 0 aromatic heterocycles. The predicted octanol–water partition coefficient (Wildman–Crippen LogP) is 1.36. The molecule has 0 bridgehead atoms. The summed E-state index contributed by atoms with van der Waals surface area (Å²) in [6, 6.07) is 0. The minimum atomic E-state index is -0.666. The molecule has 1 aliphatic rings. The molecule has 0 heterocycles. The first kappa shape index (κ1) is 13.2. The summed E-state index contributed by atoms with van der Waals surface area (Å²) in [5.41, 5.74) is 0. The Kier molecular flexibility index (Phi) is 5.52. The average Bonchev–Trinajstić information content (AvgIpc) is 2.27. The number of carboxylic acid groups (broad SMARTS) is 1. The quantitative estimate of drug-likeness (QED) is 0.652. The van der Waals surface area contributed by atoms with E-state index in [9.17, 15) is 4.79 Å². The van der Waals surface area contributed by atoms with Crippen LogP contribution in [0.1, 0.15) is 32.6 Å². The molecule has 0 spiro atoms. The van der Waals surface area contributed by atoms with E-state index in [1.165, 1.54) is 0 Å². The van der Waals surface area contributed by atoms with Crippen molar-refractivity contribution in [2.45, 2.75) is 32.6 Å². The van der Waals surface area contributed by atoms with Crippen molar-refractivity contribution in [1.29, 1.82) is 0 Å². The Morgan fingerprint density at radius 3 is 2.69 bits per heavy atom. The van der Waals surface area contributed by atoms with Crippen molar-refractivity contribution in [1.82, 2.24) is 10.6 Å². The van der Waals surface area contributed by atoms with Gasteiger partial charge in [0.15, 0.2) is 5.11 Å². The van der Waals surface area contributed by atoms with Gasteiger partial charge in [-0.15, -0.1) is 0 Å². The van der Waals surface area contributed by atoms with E-state index < -0.39 is 5.97 Å². The Labute approximate surface area is 102 Å². The summed E-state index contributed by atoms with van der Waals surface area (Å²) in [4.78, 5) is 11.1. The lowest BCUT2D eigenvalue weighted by Crippen LogP contribution is -2.41. The fourth-order valence-electron chi connectivity index (χ4n) is 2.22. The molecule has 1 fully saturated rings. The molecule has 0 saturated heterocycles. The normalized spacial score (nSPS) is 24.8. The maximum absolute atomic E-state index is 11.1. The third-order valence-electron chi connectivity index (χ3n) is 3.09. The average molecular weight is 244 g/mol. The number of carbonyl (C=O) groups is 1. The van der Waals surface area contributed by atoms with Gasteiger partial charge in [0.1, 0.15) is 0 Å². The maximum atomic E-state index is 11.1. The summed E-state index contributed by atoms with van der Waals surface area (Å²) in [5, 5.41) is 15.8. The van der Waals surface area contributed by atoms with Gasteiger partial charge in [-0.1, -0.05) is 12.8 Å². The summed E-state index contributed by atoms with van der Waals surface area (Å²) in [5.74, 6) is -0.658. The largest absolute Gasteiger partial charge is 0.481 e. The van der Waals surface area contributed by atoms with Crippen LogP contribution in [0.25, 0.3) is 0 Å². The molecule has 0 aliphatic heterocycles. The fraction of sp³-hybridized carbons (Fsp3) is 0.818. The molecule has 0 aromatic carbocycles. The predicted molar refractivity (Wildman–Crippen MR) is 67.4 cm³/mol. The first-order valence-corrected chi connectivity index (χ1v) is 6.30. The zero-order valence-electron chi connectivity index (χ0n) is 9.66. The Morgan fingerprint density at radius 2 is 2.06 bits per heavy atom. The van der Waals surface area contributed by atoms with E-state index in [0.29, 0.717) is 11.7 Å². The third kappa shape index (κ3) is 3.96. The monoisotopic (exact) mass is 244 g/mol. The van der Waals surface area contributed by atoms with E-state index >= 15 is 0 Å². The lowest BCUT2D eigenvalue weighted by Gasteiger charge is -2.28. The molecule has 1 aliphatic carbocycles. The van der Waals surface area contributed by atoms with Gasteiger partial charge in [0.2, 0.25) is 0 Å². The second-order valence-electron chi connectivity index (χ2n) is 4.23. The number of carboxylic acids is 1. The second kappa shape index (κ2) is 6.68. The van der Waals surface area contributed by atoms with Crippen LogP contribution in [0.4, 0.5) is 0 Å². The topological polar surface area (TPSA) is 61.4 Å². The molecule has 1 rings (SSSR count). The number of aliphatic carboxylic acids is 1. The fourth-order valence-corrected chi connectivity index (χ4v) is 2.45. The first-order valence-electron chi connectivity index (χ1n) is 5.89. The molecule has 2 atom stereocenters. The Balaban J connectivity index is 2.38. The van der Waals surface area contributed by atoms with Crippen molar-refractivity contribution < 1.29 is 9.90 Å². The van der Waals surface area contributed by atoms with Crippen LogP contribution in [0.15, 0.2) is 0 Å². The van der Waals surface area contributed by atoms with Gasteiger partial charge in [0.25, 0.3) is 0 Å². The van der Waals surface area contributed by atoms with Crippen LogP contribution in [0.2, 0.25) is 0 Å². The van der Waals surface area contributed by atoms with Crippen molar-refractivity contribution in [3.63, 3.8) is 0 Å². The van der Waals surface area contributed by atoms with Gasteiger partial charge < -0.3 is 15.7 Å². The van der Waals surface area contributed by atoms with Crippen molar-refractivity contribution in [2.75, 3.05) is 13.1 Å². The summed E-state index contributed by atoms with van der Waals surface area (Å²) < 4.78 is 0. The SMILES string of the molecule is CCNC(=S)NC[C@@H]1CCCC[C@@H]1C(=O)O. The van der Waals surface area contributed by atoms with E-state index in [-0.39, 0.29) is 11.8 Å². The van der Waals surface area contributed by atoms with Gasteiger partial charge in [-0.2, -0.15) is 0 Å². The molecule has 0 aromatic rings. The first-order chi connectivity index (χ1) is 7.65. The number of nitrogens with one attached hydrogen (secondary N) is 2. The highest BCUT2D eigenvalue weighted by Crippen LogP contribution is 2.29. The molecule has 3 N–H and O–H groups in total. The van der Waals surface area contributed by atoms with Gasteiger partial charge in [-0.05, 0) is 37.9 Å². The number of thiocarbonyl (C=S) groups is 1. The lowest BCUT2D eigenvalue weighted by molar-refractivity contribution is -0.144. The van der Waals surface area contributed by atoms with Crippen LogP contribution >= 0.6 is 12.2 Å². The highest BCUT2D eigenvalue weighted by Gasteiger charge is 2.30. The molecule has 16 heavy (non-hydrogen) atoms. The molecule has 0 unspecified atom stereocenters. The van der Waals surface area contributed by atoms with Gasteiger partial charge >= 0.3 is 5.97 Å². The van der Waals surface area contributed by atoms with Crippen LogP contribution in [0.5, 0.6) is 0 Å². The third-order valence-corrected chi connectivity index (χ3v) is 3.38. The van der Waals surface area contributed by atoms with E-state index in [2.05, 4.69) is 10.6 Å². The maximum Gasteiger partial charge on any atom is 0.306 e.